The molecule has 0 aromatic carbocycles. The number of aliphatic hydroxyl groups is 3. The Morgan fingerprint density at radius 2 is 2.00 bits per heavy atom. The van der Waals surface area contributed by atoms with Gasteiger partial charge in [-0.15, -0.1) is 0 Å². The van der Waals surface area contributed by atoms with E-state index < -0.39 is 24.6 Å². The summed E-state index contributed by atoms with van der Waals surface area (Å²) in [6.45, 7) is 3.38. The van der Waals surface area contributed by atoms with E-state index in [0.29, 0.717) is 0 Å². The van der Waals surface area contributed by atoms with Crippen LogP contribution in [0.1, 0.15) is 13.8 Å². The molecular weight excluding hydrogens is 190 g/mol. The normalized spacial score (nSPS) is 38.1. The van der Waals surface area contributed by atoms with E-state index in [0.717, 1.165) is 0 Å². The van der Waals surface area contributed by atoms with Gasteiger partial charge in [-0.3, -0.25) is 4.84 Å². The predicted octanol–water partition coefficient (Wildman–Crippen LogP) is -1.64. The number of hydrogen-bond acceptors (Lipinski definition) is 6. The van der Waals surface area contributed by atoms with Gasteiger partial charge in [-0.25, -0.2) is 0 Å². The van der Waals surface area contributed by atoms with Gasteiger partial charge in [0.15, 0.2) is 0 Å². The van der Waals surface area contributed by atoms with Crippen molar-refractivity contribution < 1.29 is 24.9 Å². The van der Waals surface area contributed by atoms with Crippen LogP contribution in [0.4, 0.5) is 0 Å². The van der Waals surface area contributed by atoms with Crippen LogP contribution in [-0.2, 0) is 9.57 Å². The summed E-state index contributed by atoms with van der Waals surface area (Å²) < 4.78 is 5.05. The van der Waals surface area contributed by atoms with Gasteiger partial charge in [0.2, 0.25) is 6.29 Å². The van der Waals surface area contributed by atoms with Crippen molar-refractivity contribution in [3.63, 3.8) is 0 Å². The molecule has 14 heavy (non-hydrogen) atoms. The molecule has 1 rings (SSSR count). The first kappa shape index (κ1) is 11.8. The minimum atomic E-state index is -1.14. The molecule has 0 aromatic rings. The van der Waals surface area contributed by atoms with Crippen molar-refractivity contribution in [1.82, 2.24) is 5.48 Å². The molecular formula is C8H17NO5. The molecule has 1 saturated heterocycles. The average Bonchev–Trinajstić information content (AvgIpc) is 2.41. The van der Waals surface area contributed by atoms with Gasteiger partial charge in [0.25, 0.3) is 0 Å². The van der Waals surface area contributed by atoms with Crippen LogP contribution in [0.3, 0.4) is 0 Å². The van der Waals surface area contributed by atoms with Crippen LogP contribution < -0.4 is 5.48 Å². The van der Waals surface area contributed by atoms with E-state index in [2.05, 4.69) is 5.48 Å². The maximum Gasteiger partial charge on any atom is 0.206 e. The highest BCUT2D eigenvalue weighted by Gasteiger charge is 2.43. The molecule has 6 heteroatoms. The van der Waals surface area contributed by atoms with E-state index in [-0.39, 0.29) is 12.6 Å². The Bertz CT molecular complexity index is 177. The lowest BCUT2D eigenvalue weighted by Gasteiger charge is -2.17. The Morgan fingerprint density at radius 1 is 1.36 bits per heavy atom. The second kappa shape index (κ2) is 5.01. The molecule has 0 aliphatic carbocycles. The molecule has 1 aliphatic heterocycles. The Labute approximate surface area is 82.4 Å². The van der Waals surface area contributed by atoms with Crippen LogP contribution in [0, 0.1) is 0 Å². The molecule has 2 unspecified atom stereocenters. The highest BCUT2D eigenvalue weighted by atomic mass is 16.8. The first-order valence-electron chi connectivity index (χ1n) is 4.60. The van der Waals surface area contributed by atoms with Gasteiger partial charge in [-0.2, -0.15) is 5.48 Å². The van der Waals surface area contributed by atoms with Crippen LogP contribution in [0.15, 0.2) is 0 Å². The Morgan fingerprint density at radius 3 is 2.43 bits per heavy atom. The van der Waals surface area contributed by atoms with Crippen molar-refractivity contribution in [2.24, 2.45) is 0 Å². The molecule has 4 N–H and O–H groups in total. The van der Waals surface area contributed by atoms with Crippen LogP contribution in [0.2, 0.25) is 0 Å². The lowest BCUT2D eigenvalue weighted by molar-refractivity contribution is -0.206. The quantitative estimate of drug-likeness (QED) is 0.413. The third-order valence-corrected chi connectivity index (χ3v) is 1.92. The number of rotatable bonds is 4. The van der Waals surface area contributed by atoms with Crippen LogP contribution >= 0.6 is 0 Å². The summed E-state index contributed by atoms with van der Waals surface area (Å²) in [6.07, 6.45) is -3.98. The molecule has 0 bridgehead atoms. The topological polar surface area (TPSA) is 91.2 Å². The molecule has 6 nitrogen and oxygen atoms in total. The SMILES string of the molecule is CC(C)NOC1OC(CO)[C@@H](O)[C@@H]1O. The van der Waals surface area contributed by atoms with Crippen molar-refractivity contribution in [3.05, 3.63) is 0 Å². The maximum atomic E-state index is 9.42. The van der Waals surface area contributed by atoms with E-state index in [9.17, 15) is 10.2 Å². The van der Waals surface area contributed by atoms with E-state index in [1.807, 2.05) is 13.8 Å². The molecule has 0 saturated carbocycles. The van der Waals surface area contributed by atoms with Crippen molar-refractivity contribution >= 4 is 0 Å². The lowest BCUT2D eigenvalue weighted by Crippen LogP contribution is -2.38. The minimum Gasteiger partial charge on any atom is -0.394 e. The number of hydrogen-bond donors (Lipinski definition) is 4. The van der Waals surface area contributed by atoms with Crippen LogP contribution in [0.25, 0.3) is 0 Å². The van der Waals surface area contributed by atoms with Gasteiger partial charge in [0.05, 0.1) is 6.61 Å². The fraction of sp³-hybridized carbons (Fsp3) is 1.00. The van der Waals surface area contributed by atoms with E-state index in [1.54, 1.807) is 0 Å². The summed E-state index contributed by atoms with van der Waals surface area (Å²) in [5.74, 6) is 0. The summed E-state index contributed by atoms with van der Waals surface area (Å²) in [4.78, 5) is 4.99. The lowest BCUT2D eigenvalue weighted by atomic mass is 10.1. The first-order valence-corrected chi connectivity index (χ1v) is 4.60. The highest BCUT2D eigenvalue weighted by molar-refractivity contribution is 4.85. The fourth-order valence-electron chi connectivity index (χ4n) is 1.17. The summed E-state index contributed by atoms with van der Waals surface area (Å²) in [5, 5.41) is 27.5. The standard InChI is InChI=1S/C8H17NO5/c1-4(2)9-14-8-7(12)6(11)5(3-10)13-8/h4-12H,3H2,1-2H3/t5?,6-,7+,8?/m1/s1. The smallest absolute Gasteiger partial charge is 0.206 e. The summed E-state index contributed by atoms with van der Waals surface area (Å²) >= 11 is 0. The Balaban J connectivity index is 2.40. The monoisotopic (exact) mass is 207 g/mol. The molecule has 1 aliphatic rings. The van der Waals surface area contributed by atoms with Gasteiger partial charge >= 0.3 is 0 Å². The molecule has 84 valence electrons. The minimum absolute atomic E-state index is 0.0797. The molecule has 0 aromatic heterocycles. The molecule has 1 fully saturated rings. The third-order valence-electron chi connectivity index (χ3n) is 1.92. The number of hydroxylamine groups is 1. The van der Waals surface area contributed by atoms with Gasteiger partial charge in [0.1, 0.15) is 18.3 Å². The number of nitrogens with one attached hydrogen (secondary N) is 1. The van der Waals surface area contributed by atoms with Gasteiger partial charge in [0, 0.05) is 6.04 Å². The molecule has 1 heterocycles. The zero-order valence-electron chi connectivity index (χ0n) is 8.25. The maximum absolute atomic E-state index is 9.42. The summed E-state index contributed by atoms with van der Waals surface area (Å²) in [5.41, 5.74) is 2.61. The third kappa shape index (κ3) is 2.63. The highest BCUT2D eigenvalue weighted by Crippen LogP contribution is 2.21. The van der Waals surface area contributed by atoms with Crippen molar-refractivity contribution in [1.29, 1.82) is 0 Å². The Hall–Kier alpha value is -0.240. The second-order valence-electron chi connectivity index (χ2n) is 3.60. The number of ether oxygens (including phenoxy) is 1. The van der Waals surface area contributed by atoms with Crippen molar-refractivity contribution in [2.75, 3.05) is 6.61 Å². The molecule has 0 amide bonds. The van der Waals surface area contributed by atoms with E-state index in [1.165, 1.54) is 0 Å². The predicted molar refractivity (Wildman–Crippen MR) is 47.1 cm³/mol. The van der Waals surface area contributed by atoms with Crippen molar-refractivity contribution in [2.45, 2.75) is 44.5 Å². The summed E-state index contributed by atoms with van der Waals surface area (Å²) in [6, 6.07) is 0.0797. The fourth-order valence-corrected chi connectivity index (χ4v) is 1.17. The van der Waals surface area contributed by atoms with Gasteiger partial charge < -0.3 is 20.1 Å². The number of aliphatic hydroxyl groups excluding tert-OH is 3. The average molecular weight is 207 g/mol. The zero-order chi connectivity index (χ0) is 10.7. The van der Waals surface area contributed by atoms with E-state index in [4.69, 9.17) is 14.7 Å². The van der Waals surface area contributed by atoms with Gasteiger partial charge in [-0.05, 0) is 13.8 Å². The Kier molecular flexibility index (Phi) is 4.24. The largest absolute Gasteiger partial charge is 0.394 e. The zero-order valence-corrected chi connectivity index (χ0v) is 8.25. The van der Waals surface area contributed by atoms with Crippen molar-refractivity contribution in [3.8, 4) is 0 Å². The van der Waals surface area contributed by atoms with Gasteiger partial charge in [-0.1, -0.05) is 0 Å². The molecule has 4 atom stereocenters. The van der Waals surface area contributed by atoms with E-state index >= 15 is 0 Å². The second-order valence-corrected chi connectivity index (χ2v) is 3.60. The first-order chi connectivity index (χ1) is 6.56. The summed E-state index contributed by atoms with van der Waals surface area (Å²) in [7, 11) is 0. The molecule has 0 spiro atoms. The molecule has 0 radical (unpaired) electrons. The van der Waals surface area contributed by atoms with Crippen LogP contribution in [-0.4, -0.2) is 52.6 Å². The van der Waals surface area contributed by atoms with Crippen LogP contribution in [0.5, 0.6) is 0 Å².